The fourth-order valence-corrected chi connectivity index (χ4v) is 2.93. The number of aliphatic hydroxyl groups excluding tert-OH is 1. The second-order valence-electron chi connectivity index (χ2n) is 5.31. The van der Waals surface area contributed by atoms with Gasteiger partial charge in [-0.2, -0.15) is 11.8 Å². The average molecular weight is 369 g/mol. The molecule has 5 nitrogen and oxygen atoms in total. The summed E-state index contributed by atoms with van der Waals surface area (Å²) < 4.78 is 5.23. The maximum Gasteiger partial charge on any atom is 0.227 e. The van der Waals surface area contributed by atoms with Crippen molar-refractivity contribution in [3.8, 4) is 0 Å². The molecule has 0 radical (unpaired) electrons. The van der Waals surface area contributed by atoms with Crippen LogP contribution >= 0.6 is 11.8 Å². The number of rotatable bonds is 10. The summed E-state index contributed by atoms with van der Waals surface area (Å²) in [5, 5.41) is 12.1. The highest BCUT2D eigenvalue weighted by molar-refractivity contribution is 7.98. The summed E-state index contributed by atoms with van der Waals surface area (Å²) in [5.74, 6) is 2.57. The number of ether oxygens (including phenoxy) is 1. The van der Waals surface area contributed by atoms with Crippen LogP contribution in [0.4, 0.5) is 11.6 Å². The fraction of sp³-hybridized carbons (Fsp3) is 0.200. The average Bonchev–Trinajstić information content (AvgIpc) is 2.66. The van der Waals surface area contributed by atoms with Crippen LogP contribution in [-0.4, -0.2) is 34.5 Å². The van der Waals surface area contributed by atoms with E-state index in [9.17, 15) is 0 Å². The predicted molar refractivity (Wildman–Crippen MR) is 109 cm³/mol. The molecule has 0 aliphatic heterocycles. The molecule has 0 amide bonds. The first-order valence-corrected chi connectivity index (χ1v) is 9.27. The molecule has 0 atom stereocenters. The summed E-state index contributed by atoms with van der Waals surface area (Å²) in [6.07, 6.45) is 5.16. The third-order valence-electron chi connectivity index (χ3n) is 3.45. The van der Waals surface area contributed by atoms with Gasteiger partial charge in [0, 0.05) is 29.0 Å². The van der Waals surface area contributed by atoms with Gasteiger partial charge in [0.05, 0.1) is 19.4 Å². The number of thioether (sulfide) groups is 1. The van der Waals surface area contributed by atoms with Gasteiger partial charge in [-0.25, -0.2) is 9.97 Å². The van der Waals surface area contributed by atoms with Gasteiger partial charge in [0.15, 0.2) is 0 Å². The number of nitrogens with zero attached hydrogens (tertiary/aromatic N) is 2. The molecular weight excluding hydrogens is 346 g/mol. The quantitative estimate of drug-likeness (QED) is 0.372. The van der Waals surface area contributed by atoms with Gasteiger partial charge >= 0.3 is 0 Å². The van der Waals surface area contributed by atoms with Crippen LogP contribution in [0, 0.1) is 0 Å². The molecule has 0 spiro atoms. The summed E-state index contributed by atoms with van der Waals surface area (Å²) in [4.78, 5) is 8.83. The van der Waals surface area contributed by atoms with Crippen molar-refractivity contribution < 1.29 is 9.84 Å². The molecule has 2 aromatic rings. The number of nitrogens with one attached hydrogen (secondary N) is 1. The lowest BCUT2D eigenvalue weighted by Gasteiger charge is -2.11. The molecule has 0 saturated heterocycles. The topological polar surface area (TPSA) is 67.3 Å². The monoisotopic (exact) mass is 369 g/mol. The Morgan fingerprint density at radius 1 is 1.38 bits per heavy atom. The molecule has 2 rings (SSSR count). The Kier molecular flexibility index (Phi) is 7.92. The van der Waals surface area contributed by atoms with Gasteiger partial charge in [-0.05, 0) is 29.8 Å². The Labute approximate surface area is 158 Å². The van der Waals surface area contributed by atoms with Crippen molar-refractivity contribution in [2.75, 3.05) is 24.8 Å². The number of allylic oxidation sites excluding steroid dienone is 3. The summed E-state index contributed by atoms with van der Waals surface area (Å²) in [6, 6.07) is 9.85. The van der Waals surface area contributed by atoms with Crippen LogP contribution < -0.4 is 5.32 Å². The molecule has 6 heteroatoms. The SMILES string of the molecule is C=C/C=C(\C(=C)OC)c1ccnc(Nc2cccc(CSCCO)c2)n1. The van der Waals surface area contributed by atoms with Crippen LogP contribution in [0.3, 0.4) is 0 Å². The fourth-order valence-electron chi connectivity index (χ4n) is 2.24. The maximum atomic E-state index is 8.88. The Bertz CT molecular complexity index is 790. The van der Waals surface area contributed by atoms with E-state index in [-0.39, 0.29) is 6.61 Å². The zero-order valence-corrected chi connectivity index (χ0v) is 15.6. The van der Waals surface area contributed by atoms with Crippen molar-refractivity contribution >= 4 is 29.0 Å². The number of hydrogen-bond acceptors (Lipinski definition) is 6. The lowest BCUT2D eigenvalue weighted by molar-refractivity contribution is 0.312. The van der Waals surface area contributed by atoms with E-state index in [2.05, 4.69) is 40.6 Å². The van der Waals surface area contributed by atoms with E-state index in [1.54, 1.807) is 43.3 Å². The van der Waals surface area contributed by atoms with Crippen LogP contribution in [0.15, 0.2) is 67.6 Å². The normalized spacial score (nSPS) is 11.1. The van der Waals surface area contributed by atoms with Crippen LogP contribution in [0.1, 0.15) is 11.3 Å². The number of methoxy groups -OCH3 is 1. The maximum absolute atomic E-state index is 8.88. The van der Waals surface area contributed by atoms with Crippen LogP contribution in [-0.2, 0) is 10.5 Å². The minimum Gasteiger partial charge on any atom is -0.497 e. The van der Waals surface area contributed by atoms with Gasteiger partial charge in [0.2, 0.25) is 5.95 Å². The Morgan fingerprint density at radius 3 is 2.96 bits per heavy atom. The lowest BCUT2D eigenvalue weighted by Crippen LogP contribution is -2.01. The van der Waals surface area contributed by atoms with Crippen molar-refractivity contribution in [1.82, 2.24) is 9.97 Å². The zero-order chi connectivity index (χ0) is 18.8. The molecule has 0 aliphatic carbocycles. The molecule has 2 N–H and O–H groups in total. The van der Waals surface area contributed by atoms with Gasteiger partial charge in [0.1, 0.15) is 5.76 Å². The standard InChI is InChI=1S/C20H23N3O2S/c1-4-6-18(15(2)25-3)19-9-10-21-20(23-19)22-17-8-5-7-16(13-17)14-26-12-11-24/h4-10,13,24H,1-2,11-12,14H2,3H3,(H,21,22,23)/b18-6+. The molecule has 1 aromatic carbocycles. The smallest absolute Gasteiger partial charge is 0.227 e. The molecular formula is C20H23N3O2S. The van der Waals surface area contributed by atoms with Gasteiger partial charge < -0.3 is 15.2 Å². The Morgan fingerprint density at radius 2 is 2.23 bits per heavy atom. The minimum atomic E-state index is 0.191. The van der Waals surface area contributed by atoms with Crippen molar-refractivity contribution in [1.29, 1.82) is 0 Å². The van der Waals surface area contributed by atoms with Crippen molar-refractivity contribution in [2.24, 2.45) is 0 Å². The lowest BCUT2D eigenvalue weighted by atomic mass is 10.1. The molecule has 1 heterocycles. The van der Waals surface area contributed by atoms with E-state index in [1.807, 2.05) is 12.1 Å². The molecule has 136 valence electrons. The van der Waals surface area contributed by atoms with E-state index in [0.717, 1.165) is 22.8 Å². The summed E-state index contributed by atoms with van der Waals surface area (Å²) in [6.45, 7) is 7.80. The van der Waals surface area contributed by atoms with Gasteiger partial charge in [-0.1, -0.05) is 31.4 Å². The third-order valence-corrected chi connectivity index (χ3v) is 4.46. The van der Waals surface area contributed by atoms with Crippen molar-refractivity contribution in [3.05, 3.63) is 78.9 Å². The summed E-state index contributed by atoms with van der Waals surface area (Å²) in [7, 11) is 1.57. The summed E-state index contributed by atoms with van der Waals surface area (Å²) >= 11 is 1.69. The van der Waals surface area contributed by atoms with Crippen molar-refractivity contribution in [2.45, 2.75) is 5.75 Å². The van der Waals surface area contributed by atoms with Crippen LogP contribution in [0.5, 0.6) is 0 Å². The largest absolute Gasteiger partial charge is 0.497 e. The Balaban J connectivity index is 2.18. The number of hydrogen-bond donors (Lipinski definition) is 2. The number of aliphatic hydroxyl groups is 1. The first-order valence-electron chi connectivity index (χ1n) is 8.12. The van der Waals surface area contributed by atoms with Gasteiger partial charge in [-0.3, -0.25) is 0 Å². The highest BCUT2D eigenvalue weighted by atomic mass is 32.2. The molecule has 0 unspecified atom stereocenters. The van der Waals surface area contributed by atoms with Crippen molar-refractivity contribution in [3.63, 3.8) is 0 Å². The van der Waals surface area contributed by atoms with E-state index in [4.69, 9.17) is 9.84 Å². The number of benzene rings is 1. The number of aromatic nitrogens is 2. The highest BCUT2D eigenvalue weighted by Crippen LogP contribution is 2.23. The molecule has 0 fully saturated rings. The van der Waals surface area contributed by atoms with Gasteiger partial charge in [-0.15, -0.1) is 0 Å². The molecule has 0 bridgehead atoms. The third kappa shape index (κ3) is 5.75. The molecule has 0 aliphatic rings. The Hall–Kier alpha value is -2.57. The van der Waals surface area contributed by atoms with Gasteiger partial charge in [0.25, 0.3) is 0 Å². The molecule has 26 heavy (non-hydrogen) atoms. The minimum absolute atomic E-state index is 0.191. The van der Waals surface area contributed by atoms with E-state index in [0.29, 0.717) is 17.4 Å². The number of anilines is 2. The van der Waals surface area contributed by atoms with Crippen LogP contribution in [0.25, 0.3) is 5.57 Å². The summed E-state index contributed by atoms with van der Waals surface area (Å²) in [5.41, 5.74) is 3.53. The van der Waals surface area contributed by atoms with Crippen LogP contribution in [0.2, 0.25) is 0 Å². The molecule has 1 aromatic heterocycles. The molecule has 0 saturated carbocycles. The zero-order valence-electron chi connectivity index (χ0n) is 14.8. The van der Waals surface area contributed by atoms with E-state index in [1.165, 1.54) is 5.56 Å². The first-order chi connectivity index (χ1) is 12.7. The predicted octanol–water partition coefficient (Wildman–Crippen LogP) is 4.18. The van der Waals surface area contributed by atoms with E-state index < -0.39 is 0 Å². The second-order valence-corrected chi connectivity index (χ2v) is 6.42. The first kappa shape index (κ1) is 19.8. The highest BCUT2D eigenvalue weighted by Gasteiger charge is 2.09. The van der Waals surface area contributed by atoms with E-state index >= 15 is 0 Å². The second kappa shape index (κ2) is 10.4.